The van der Waals surface area contributed by atoms with E-state index in [4.69, 9.17) is 10.00 Å². The molecule has 0 saturated carbocycles. The number of nitro groups is 1. The van der Waals surface area contributed by atoms with Crippen molar-refractivity contribution in [1.29, 1.82) is 5.26 Å². The third-order valence-corrected chi connectivity index (χ3v) is 3.39. The molecule has 8 heteroatoms. The number of carboxylic acid groups (broad SMARTS) is 1. The predicted octanol–water partition coefficient (Wildman–Crippen LogP) is 3.10. The lowest BCUT2D eigenvalue weighted by atomic mass is 10.1. The first-order valence-electron chi connectivity index (χ1n) is 7.37. The van der Waals surface area contributed by atoms with Gasteiger partial charge in [0.2, 0.25) is 0 Å². The van der Waals surface area contributed by atoms with E-state index in [2.05, 4.69) is 5.32 Å². The zero-order valence-electron chi connectivity index (χ0n) is 13.3. The molecule has 2 rings (SSSR count). The largest absolute Gasteiger partial charge is 0.487 e. The summed E-state index contributed by atoms with van der Waals surface area (Å²) in [6.07, 6.45) is 0. The van der Waals surface area contributed by atoms with E-state index in [0.29, 0.717) is 16.8 Å². The Labute approximate surface area is 143 Å². The number of aliphatic carboxylic acids is 1. The Hall–Kier alpha value is -3.60. The minimum Gasteiger partial charge on any atom is -0.487 e. The molecule has 0 saturated heterocycles. The number of ether oxygens (including phenoxy) is 1. The summed E-state index contributed by atoms with van der Waals surface area (Å²) in [5.41, 5.74) is 1.04. The van der Waals surface area contributed by atoms with Crippen LogP contribution in [0, 0.1) is 21.4 Å². The molecule has 128 valence electrons. The van der Waals surface area contributed by atoms with Crippen molar-refractivity contribution < 1.29 is 19.6 Å². The molecule has 2 aromatic rings. The number of hydrogen-bond acceptors (Lipinski definition) is 6. The number of hydrogen-bond donors (Lipinski definition) is 2. The molecule has 1 atom stereocenters. The summed E-state index contributed by atoms with van der Waals surface area (Å²) in [6.45, 7) is 1.89. The monoisotopic (exact) mass is 341 g/mol. The van der Waals surface area contributed by atoms with Crippen LogP contribution in [0.15, 0.2) is 42.5 Å². The van der Waals surface area contributed by atoms with Crippen LogP contribution < -0.4 is 10.1 Å². The molecule has 0 bridgehead atoms. The first-order valence-corrected chi connectivity index (χ1v) is 7.37. The standard InChI is InChI=1S/C17H15N3O5/c1-2-25-15-9-12(5-8-14(15)20(23)24)16(17(21)22)19-13-6-3-11(10-18)4-7-13/h3-9,16,19H,2H2,1H3,(H,21,22). The fourth-order valence-electron chi connectivity index (χ4n) is 2.23. The molecule has 0 radical (unpaired) electrons. The Morgan fingerprint density at radius 2 is 2.04 bits per heavy atom. The molecule has 8 nitrogen and oxygen atoms in total. The molecule has 2 N–H and O–H groups in total. The second-order valence-corrected chi connectivity index (χ2v) is 5.02. The topological polar surface area (TPSA) is 125 Å². The predicted molar refractivity (Wildman–Crippen MR) is 89.4 cm³/mol. The molecule has 0 aliphatic heterocycles. The van der Waals surface area contributed by atoms with Gasteiger partial charge < -0.3 is 15.2 Å². The summed E-state index contributed by atoms with van der Waals surface area (Å²) < 4.78 is 5.25. The van der Waals surface area contributed by atoms with Gasteiger partial charge in [-0.2, -0.15) is 5.26 Å². The molecule has 0 amide bonds. The van der Waals surface area contributed by atoms with Crippen LogP contribution >= 0.6 is 0 Å². The number of nitro benzene ring substituents is 1. The number of carbonyl (C=O) groups is 1. The van der Waals surface area contributed by atoms with Crippen LogP contribution in [-0.4, -0.2) is 22.6 Å². The number of nitrogens with zero attached hydrogens (tertiary/aromatic N) is 2. The zero-order valence-corrected chi connectivity index (χ0v) is 13.3. The van der Waals surface area contributed by atoms with Crippen molar-refractivity contribution in [2.75, 3.05) is 11.9 Å². The molecule has 25 heavy (non-hydrogen) atoms. The third-order valence-electron chi connectivity index (χ3n) is 3.39. The van der Waals surface area contributed by atoms with Gasteiger partial charge in [0.15, 0.2) is 11.8 Å². The molecule has 0 aliphatic carbocycles. The van der Waals surface area contributed by atoms with E-state index < -0.39 is 16.9 Å². The second-order valence-electron chi connectivity index (χ2n) is 5.02. The molecule has 1 unspecified atom stereocenters. The maximum Gasteiger partial charge on any atom is 0.330 e. The Morgan fingerprint density at radius 3 is 2.56 bits per heavy atom. The second kappa shape index (κ2) is 7.79. The lowest BCUT2D eigenvalue weighted by Crippen LogP contribution is -2.20. The van der Waals surface area contributed by atoms with Crippen molar-refractivity contribution in [3.8, 4) is 11.8 Å². The average molecular weight is 341 g/mol. The van der Waals surface area contributed by atoms with Crippen LogP contribution in [0.5, 0.6) is 5.75 Å². The number of nitriles is 1. The summed E-state index contributed by atoms with van der Waals surface area (Å²) in [4.78, 5) is 22.1. The average Bonchev–Trinajstić information content (AvgIpc) is 2.60. The first kappa shape index (κ1) is 17.7. The molecular weight excluding hydrogens is 326 g/mol. The zero-order chi connectivity index (χ0) is 18.4. The maximum absolute atomic E-state index is 11.6. The summed E-state index contributed by atoms with van der Waals surface area (Å²) in [5, 5.41) is 32.2. The Morgan fingerprint density at radius 1 is 1.36 bits per heavy atom. The lowest BCUT2D eigenvalue weighted by Gasteiger charge is -2.17. The number of rotatable bonds is 7. The highest BCUT2D eigenvalue weighted by Gasteiger charge is 2.24. The van der Waals surface area contributed by atoms with E-state index in [9.17, 15) is 20.0 Å². The fourth-order valence-corrected chi connectivity index (χ4v) is 2.23. The van der Waals surface area contributed by atoms with E-state index in [1.54, 1.807) is 31.2 Å². The van der Waals surface area contributed by atoms with Crippen molar-refractivity contribution in [2.24, 2.45) is 0 Å². The van der Waals surface area contributed by atoms with E-state index in [1.807, 2.05) is 6.07 Å². The van der Waals surface area contributed by atoms with Crippen molar-refractivity contribution in [3.63, 3.8) is 0 Å². The van der Waals surface area contributed by atoms with Crippen LogP contribution in [0.2, 0.25) is 0 Å². The van der Waals surface area contributed by atoms with Crippen molar-refractivity contribution >= 4 is 17.3 Å². The smallest absolute Gasteiger partial charge is 0.330 e. The van der Waals surface area contributed by atoms with Crippen LogP contribution in [0.25, 0.3) is 0 Å². The van der Waals surface area contributed by atoms with Crippen molar-refractivity contribution in [2.45, 2.75) is 13.0 Å². The van der Waals surface area contributed by atoms with Crippen LogP contribution in [-0.2, 0) is 4.79 Å². The van der Waals surface area contributed by atoms with Crippen LogP contribution in [0.1, 0.15) is 24.1 Å². The molecule has 0 heterocycles. The highest BCUT2D eigenvalue weighted by molar-refractivity contribution is 5.79. The molecule has 0 fully saturated rings. The van der Waals surface area contributed by atoms with Gasteiger partial charge in [-0.25, -0.2) is 4.79 Å². The van der Waals surface area contributed by atoms with Gasteiger partial charge in [-0.3, -0.25) is 10.1 Å². The van der Waals surface area contributed by atoms with Gasteiger partial charge in [-0.1, -0.05) is 0 Å². The normalized spacial score (nSPS) is 11.2. The van der Waals surface area contributed by atoms with Gasteiger partial charge in [-0.05, 0) is 48.9 Å². The van der Waals surface area contributed by atoms with E-state index in [-0.39, 0.29) is 18.0 Å². The summed E-state index contributed by atoms with van der Waals surface area (Å²) in [6, 6.07) is 11.1. The van der Waals surface area contributed by atoms with E-state index in [1.165, 1.54) is 18.2 Å². The quantitative estimate of drug-likeness (QED) is 0.585. The molecule has 2 aromatic carbocycles. The van der Waals surface area contributed by atoms with Crippen molar-refractivity contribution in [1.82, 2.24) is 0 Å². The number of anilines is 1. The van der Waals surface area contributed by atoms with Gasteiger partial charge in [0, 0.05) is 11.8 Å². The highest BCUT2D eigenvalue weighted by atomic mass is 16.6. The third kappa shape index (κ3) is 4.23. The van der Waals surface area contributed by atoms with Gasteiger partial charge >= 0.3 is 11.7 Å². The van der Waals surface area contributed by atoms with E-state index >= 15 is 0 Å². The SMILES string of the molecule is CCOc1cc(C(Nc2ccc(C#N)cc2)C(=O)O)ccc1[N+](=O)[O-]. The number of nitrogens with one attached hydrogen (secondary N) is 1. The van der Waals surface area contributed by atoms with Crippen LogP contribution in [0.3, 0.4) is 0 Å². The fraction of sp³-hybridized carbons (Fsp3) is 0.176. The Balaban J connectivity index is 2.36. The van der Waals surface area contributed by atoms with Gasteiger partial charge in [-0.15, -0.1) is 0 Å². The molecule has 0 aliphatic rings. The molecule has 0 aromatic heterocycles. The lowest BCUT2D eigenvalue weighted by molar-refractivity contribution is -0.385. The minimum absolute atomic E-state index is 0.0119. The van der Waals surface area contributed by atoms with Gasteiger partial charge in [0.25, 0.3) is 0 Å². The minimum atomic E-state index is -1.15. The van der Waals surface area contributed by atoms with E-state index in [0.717, 1.165) is 0 Å². The highest BCUT2D eigenvalue weighted by Crippen LogP contribution is 2.31. The number of benzene rings is 2. The van der Waals surface area contributed by atoms with Crippen LogP contribution in [0.4, 0.5) is 11.4 Å². The molecular formula is C17H15N3O5. The first-order chi connectivity index (χ1) is 12.0. The van der Waals surface area contributed by atoms with Gasteiger partial charge in [0.05, 0.1) is 23.2 Å². The summed E-state index contributed by atoms with van der Waals surface area (Å²) in [7, 11) is 0. The number of carboxylic acids is 1. The Kier molecular flexibility index (Phi) is 5.53. The maximum atomic E-state index is 11.6. The summed E-state index contributed by atoms with van der Waals surface area (Å²) in [5.74, 6) is -1.14. The van der Waals surface area contributed by atoms with Crippen molar-refractivity contribution in [3.05, 3.63) is 63.7 Å². The van der Waals surface area contributed by atoms with Gasteiger partial charge in [0.1, 0.15) is 0 Å². The summed E-state index contributed by atoms with van der Waals surface area (Å²) >= 11 is 0. The Bertz CT molecular complexity index is 827. The molecule has 0 spiro atoms.